The molecule has 0 aromatic heterocycles. The molecule has 3 rings (SSSR count). The molecule has 0 aliphatic heterocycles. The Labute approximate surface area is 179 Å². The van der Waals surface area contributed by atoms with E-state index in [0.29, 0.717) is 25.2 Å². The Morgan fingerprint density at radius 1 is 1.07 bits per heavy atom. The lowest BCUT2D eigenvalue weighted by Crippen LogP contribution is -2.36. The zero-order valence-corrected chi connectivity index (χ0v) is 18.1. The highest BCUT2D eigenvalue weighted by atomic mass is 16.5. The number of amides is 1. The highest BCUT2D eigenvalue weighted by Crippen LogP contribution is 2.30. The number of nitrogens with zero attached hydrogens (tertiary/aromatic N) is 1. The number of rotatable bonds is 9. The Kier molecular flexibility index (Phi) is 7.71. The second-order valence-electron chi connectivity index (χ2n) is 7.70. The zero-order valence-electron chi connectivity index (χ0n) is 18.1. The highest BCUT2D eigenvalue weighted by Gasteiger charge is 2.22. The van der Waals surface area contributed by atoms with Crippen molar-refractivity contribution in [2.45, 2.75) is 39.8 Å². The molecule has 2 aromatic carbocycles. The third kappa shape index (κ3) is 6.51. The summed E-state index contributed by atoms with van der Waals surface area (Å²) in [4.78, 5) is 16.2. The van der Waals surface area contributed by atoms with Gasteiger partial charge in [-0.05, 0) is 61.9 Å². The van der Waals surface area contributed by atoms with E-state index in [0.717, 1.165) is 35.4 Å². The average molecular weight is 409 g/mol. The van der Waals surface area contributed by atoms with Gasteiger partial charge < -0.3 is 20.7 Å². The lowest BCUT2D eigenvalue weighted by Gasteiger charge is -2.15. The number of hydrogen-bond donors (Lipinski definition) is 3. The monoisotopic (exact) mass is 408 g/mol. The molecule has 1 aliphatic carbocycles. The van der Waals surface area contributed by atoms with Gasteiger partial charge in [0.05, 0.1) is 6.61 Å². The molecule has 0 spiro atoms. The van der Waals surface area contributed by atoms with E-state index in [9.17, 15) is 4.79 Å². The summed E-state index contributed by atoms with van der Waals surface area (Å²) in [6.45, 7) is 6.67. The molecular weight excluding hydrogens is 376 g/mol. The normalized spacial score (nSPS) is 13.6. The van der Waals surface area contributed by atoms with E-state index in [4.69, 9.17) is 4.74 Å². The van der Waals surface area contributed by atoms with Crippen molar-refractivity contribution in [1.29, 1.82) is 0 Å². The fraction of sp³-hybridized carbons (Fsp3) is 0.417. The van der Waals surface area contributed by atoms with Crippen LogP contribution in [0.5, 0.6) is 5.75 Å². The molecule has 1 amide bonds. The molecule has 30 heavy (non-hydrogen) atoms. The van der Waals surface area contributed by atoms with Crippen molar-refractivity contribution >= 4 is 11.9 Å². The molecule has 0 unspecified atom stereocenters. The first kappa shape index (κ1) is 21.7. The summed E-state index contributed by atoms with van der Waals surface area (Å²) in [6, 6.07) is 13.9. The SMILES string of the molecule is CCNC(=O)c1ccc(CNC(=NC)NCc2ccc(C)cc2OCC2CC2)cc1. The summed E-state index contributed by atoms with van der Waals surface area (Å²) in [6.07, 6.45) is 2.56. The Bertz CT molecular complexity index is 873. The van der Waals surface area contributed by atoms with E-state index in [2.05, 4.69) is 46.1 Å². The molecule has 3 N–H and O–H groups in total. The molecule has 1 aliphatic rings. The van der Waals surface area contributed by atoms with Gasteiger partial charge in [0.25, 0.3) is 5.91 Å². The van der Waals surface area contributed by atoms with Gasteiger partial charge >= 0.3 is 0 Å². The largest absolute Gasteiger partial charge is 0.493 e. The van der Waals surface area contributed by atoms with Crippen LogP contribution in [0.1, 0.15) is 46.8 Å². The predicted octanol–water partition coefficient (Wildman–Crippen LogP) is 3.40. The third-order valence-electron chi connectivity index (χ3n) is 5.08. The van der Waals surface area contributed by atoms with Crippen LogP contribution in [0.25, 0.3) is 0 Å². The Morgan fingerprint density at radius 2 is 1.80 bits per heavy atom. The Morgan fingerprint density at radius 3 is 2.47 bits per heavy atom. The van der Waals surface area contributed by atoms with Crippen molar-refractivity contribution in [2.75, 3.05) is 20.2 Å². The van der Waals surface area contributed by atoms with Crippen LogP contribution in [0, 0.1) is 12.8 Å². The highest BCUT2D eigenvalue weighted by molar-refractivity contribution is 5.94. The van der Waals surface area contributed by atoms with Crippen LogP contribution in [-0.4, -0.2) is 32.1 Å². The minimum atomic E-state index is -0.0488. The molecule has 1 saturated carbocycles. The number of carbonyl (C=O) groups is 1. The summed E-state index contributed by atoms with van der Waals surface area (Å²) in [5.41, 5.74) is 4.06. The fourth-order valence-corrected chi connectivity index (χ4v) is 3.06. The van der Waals surface area contributed by atoms with E-state index in [1.54, 1.807) is 7.05 Å². The topological polar surface area (TPSA) is 74.8 Å². The number of aryl methyl sites for hydroxylation is 1. The molecule has 6 nitrogen and oxygen atoms in total. The Hall–Kier alpha value is -3.02. The van der Waals surface area contributed by atoms with Crippen molar-refractivity contribution in [1.82, 2.24) is 16.0 Å². The number of ether oxygens (including phenoxy) is 1. The van der Waals surface area contributed by atoms with Gasteiger partial charge in [0.1, 0.15) is 5.75 Å². The number of guanidine groups is 1. The van der Waals surface area contributed by atoms with Crippen LogP contribution >= 0.6 is 0 Å². The van der Waals surface area contributed by atoms with Gasteiger partial charge in [0, 0.05) is 37.8 Å². The summed E-state index contributed by atoms with van der Waals surface area (Å²) in [5, 5.41) is 9.48. The maximum Gasteiger partial charge on any atom is 0.251 e. The number of benzene rings is 2. The van der Waals surface area contributed by atoms with Crippen molar-refractivity contribution < 1.29 is 9.53 Å². The minimum Gasteiger partial charge on any atom is -0.493 e. The van der Waals surface area contributed by atoms with Crippen molar-refractivity contribution in [2.24, 2.45) is 10.9 Å². The van der Waals surface area contributed by atoms with E-state index in [1.165, 1.54) is 18.4 Å². The first-order valence-electron chi connectivity index (χ1n) is 10.6. The number of nitrogens with one attached hydrogen (secondary N) is 3. The third-order valence-corrected chi connectivity index (χ3v) is 5.08. The van der Waals surface area contributed by atoms with Gasteiger partial charge in [0.15, 0.2) is 5.96 Å². The molecular formula is C24H32N4O2. The number of hydrogen-bond acceptors (Lipinski definition) is 3. The van der Waals surface area contributed by atoms with E-state index >= 15 is 0 Å². The van der Waals surface area contributed by atoms with Gasteiger partial charge in [-0.15, -0.1) is 0 Å². The quantitative estimate of drug-likeness (QED) is 0.439. The second kappa shape index (κ2) is 10.7. The number of aliphatic imine (C=N–C) groups is 1. The van der Waals surface area contributed by atoms with Gasteiger partial charge in [-0.25, -0.2) is 0 Å². The van der Waals surface area contributed by atoms with Gasteiger partial charge in [0.2, 0.25) is 0 Å². The van der Waals surface area contributed by atoms with E-state index < -0.39 is 0 Å². The van der Waals surface area contributed by atoms with Gasteiger partial charge in [-0.1, -0.05) is 24.3 Å². The zero-order chi connectivity index (χ0) is 21.3. The molecule has 0 heterocycles. The molecule has 0 saturated heterocycles. The standard InChI is InChI=1S/C24H32N4O2/c1-4-26-23(29)20-11-8-18(9-12-20)14-27-24(25-3)28-15-21-10-5-17(2)13-22(21)30-16-19-6-7-19/h5,8-13,19H,4,6-7,14-16H2,1-3H3,(H,26,29)(H2,25,27,28). The lowest BCUT2D eigenvalue weighted by molar-refractivity contribution is 0.0956. The molecule has 0 bridgehead atoms. The van der Waals surface area contributed by atoms with Gasteiger partial charge in [-0.2, -0.15) is 0 Å². The van der Waals surface area contributed by atoms with Crippen LogP contribution in [0.2, 0.25) is 0 Å². The maximum absolute atomic E-state index is 11.9. The molecule has 2 aromatic rings. The van der Waals surface area contributed by atoms with Crippen LogP contribution in [-0.2, 0) is 13.1 Å². The van der Waals surface area contributed by atoms with E-state index in [1.807, 2.05) is 31.2 Å². The summed E-state index contributed by atoms with van der Waals surface area (Å²) >= 11 is 0. The van der Waals surface area contributed by atoms with Crippen LogP contribution in [0.15, 0.2) is 47.5 Å². The molecule has 0 radical (unpaired) electrons. The molecule has 160 valence electrons. The molecule has 1 fully saturated rings. The first-order valence-corrected chi connectivity index (χ1v) is 10.6. The second-order valence-corrected chi connectivity index (χ2v) is 7.70. The van der Waals surface area contributed by atoms with Crippen LogP contribution in [0.4, 0.5) is 0 Å². The van der Waals surface area contributed by atoms with Crippen LogP contribution < -0.4 is 20.7 Å². The summed E-state index contributed by atoms with van der Waals surface area (Å²) in [5.74, 6) is 2.34. The molecule has 0 atom stereocenters. The van der Waals surface area contributed by atoms with Gasteiger partial charge in [-0.3, -0.25) is 9.79 Å². The minimum absolute atomic E-state index is 0.0488. The number of carbonyl (C=O) groups excluding carboxylic acids is 1. The smallest absolute Gasteiger partial charge is 0.251 e. The first-order chi connectivity index (χ1) is 14.6. The van der Waals surface area contributed by atoms with Crippen molar-refractivity contribution in [3.05, 3.63) is 64.7 Å². The maximum atomic E-state index is 11.9. The van der Waals surface area contributed by atoms with Crippen molar-refractivity contribution in [3.63, 3.8) is 0 Å². The summed E-state index contributed by atoms with van der Waals surface area (Å²) in [7, 11) is 1.76. The molecule has 6 heteroatoms. The summed E-state index contributed by atoms with van der Waals surface area (Å²) < 4.78 is 6.05. The van der Waals surface area contributed by atoms with E-state index in [-0.39, 0.29) is 5.91 Å². The predicted molar refractivity (Wildman–Crippen MR) is 121 cm³/mol. The fourth-order valence-electron chi connectivity index (χ4n) is 3.06. The Balaban J connectivity index is 1.52. The average Bonchev–Trinajstić information content (AvgIpc) is 3.58. The van der Waals surface area contributed by atoms with Crippen molar-refractivity contribution in [3.8, 4) is 5.75 Å². The lowest BCUT2D eigenvalue weighted by atomic mass is 10.1. The van der Waals surface area contributed by atoms with Crippen LogP contribution in [0.3, 0.4) is 0 Å².